The fourth-order valence-electron chi connectivity index (χ4n) is 2.78. The van der Waals surface area contributed by atoms with Crippen LogP contribution in [-0.4, -0.2) is 44.8 Å². The predicted molar refractivity (Wildman–Crippen MR) is 76.3 cm³/mol. The number of fused-ring (bicyclic) bond motifs is 1. The van der Waals surface area contributed by atoms with Crippen molar-refractivity contribution in [1.82, 2.24) is 15.1 Å². The Balaban J connectivity index is 1.82. The van der Waals surface area contributed by atoms with Gasteiger partial charge >= 0.3 is 0 Å². The van der Waals surface area contributed by atoms with Gasteiger partial charge in [-0.2, -0.15) is 5.10 Å². The van der Waals surface area contributed by atoms with Crippen LogP contribution in [0.2, 0.25) is 0 Å². The van der Waals surface area contributed by atoms with Gasteiger partial charge in [-0.05, 0) is 24.6 Å². The molecule has 4 N–H and O–H groups in total. The molecule has 2 heterocycles. The first-order valence-corrected chi connectivity index (χ1v) is 6.78. The maximum Gasteiger partial charge on any atom is 0.275 e. The number of aliphatic hydroxyl groups is 1. The molecule has 106 valence electrons. The summed E-state index contributed by atoms with van der Waals surface area (Å²) in [6, 6.07) is 5.31. The zero-order chi connectivity index (χ0) is 14.3. The van der Waals surface area contributed by atoms with E-state index in [1.807, 2.05) is 6.92 Å². The van der Waals surface area contributed by atoms with Gasteiger partial charge in [-0.25, -0.2) is 0 Å². The summed E-state index contributed by atoms with van der Waals surface area (Å²) in [4.78, 5) is 14.0. The van der Waals surface area contributed by atoms with Gasteiger partial charge in [0.2, 0.25) is 0 Å². The Morgan fingerprint density at radius 3 is 3.00 bits per heavy atom. The highest BCUT2D eigenvalue weighted by Crippen LogP contribution is 2.28. The Labute approximate surface area is 116 Å². The number of aromatic amines is 1. The van der Waals surface area contributed by atoms with Gasteiger partial charge in [0.15, 0.2) is 5.69 Å². The number of likely N-dealkylation sites (tertiary alicyclic amines) is 1. The second-order valence-corrected chi connectivity index (χ2v) is 5.51. The number of carbonyl (C=O) groups is 1. The molecule has 6 heteroatoms. The summed E-state index contributed by atoms with van der Waals surface area (Å²) in [5.74, 6) is -0.164. The number of nitrogens with two attached hydrogens (primary N) is 1. The molecule has 1 aromatic heterocycles. The topological polar surface area (TPSA) is 95.2 Å². The van der Waals surface area contributed by atoms with Crippen molar-refractivity contribution in [2.45, 2.75) is 25.4 Å². The van der Waals surface area contributed by atoms with Crippen molar-refractivity contribution in [3.8, 4) is 0 Å². The summed E-state index contributed by atoms with van der Waals surface area (Å²) in [5, 5.41) is 17.8. The van der Waals surface area contributed by atoms with Crippen molar-refractivity contribution in [3.63, 3.8) is 0 Å². The third-order valence-corrected chi connectivity index (χ3v) is 3.76. The van der Waals surface area contributed by atoms with E-state index in [0.29, 0.717) is 30.9 Å². The van der Waals surface area contributed by atoms with Crippen LogP contribution in [0.5, 0.6) is 0 Å². The Kier molecular flexibility index (Phi) is 2.90. The van der Waals surface area contributed by atoms with Crippen LogP contribution < -0.4 is 5.73 Å². The molecule has 0 radical (unpaired) electrons. The number of amides is 1. The van der Waals surface area contributed by atoms with Crippen LogP contribution in [0.3, 0.4) is 0 Å². The lowest BCUT2D eigenvalue weighted by Gasteiger charge is -2.46. The van der Waals surface area contributed by atoms with Gasteiger partial charge in [-0.3, -0.25) is 9.89 Å². The summed E-state index contributed by atoms with van der Waals surface area (Å²) in [6.45, 7) is 2.76. The van der Waals surface area contributed by atoms with E-state index in [-0.39, 0.29) is 5.91 Å². The van der Waals surface area contributed by atoms with E-state index in [0.717, 1.165) is 17.3 Å². The van der Waals surface area contributed by atoms with Crippen molar-refractivity contribution < 1.29 is 9.90 Å². The van der Waals surface area contributed by atoms with E-state index >= 15 is 0 Å². The third kappa shape index (κ3) is 2.02. The standard InChI is InChI=1S/C14H18N4O2/c1-2-5-14(20)7-18(8-14)13(19)12-10-6-9(15)3-4-11(10)16-17-12/h3-4,6,20H,2,5,7-8,15H2,1H3,(H,16,17). The number of hydrogen-bond acceptors (Lipinski definition) is 4. The smallest absolute Gasteiger partial charge is 0.275 e. The number of aromatic nitrogens is 2. The molecule has 0 bridgehead atoms. The highest BCUT2D eigenvalue weighted by molar-refractivity contribution is 6.05. The number of nitrogens with zero attached hydrogens (tertiary/aromatic N) is 2. The molecule has 0 aliphatic carbocycles. The first kappa shape index (κ1) is 12.9. The van der Waals surface area contributed by atoms with E-state index < -0.39 is 5.60 Å². The van der Waals surface area contributed by atoms with Gasteiger partial charge in [0.25, 0.3) is 5.91 Å². The lowest BCUT2D eigenvalue weighted by atomic mass is 9.89. The van der Waals surface area contributed by atoms with E-state index in [9.17, 15) is 9.90 Å². The summed E-state index contributed by atoms with van der Waals surface area (Å²) >= 11 is 0. The van der Waals surface area contributed by atoms with E-state index in [4.69, 9.17) is 5.73 Å². The Morgan fingerprint density at radius 1 is 1.55 bits per heavy atom. The van der Waals surface area contributed by atoms with E-state index in [2.05, 4.69) is 10.2 Å². The van der Waals surface area contributed by atoms with E-state index in [1.54, 1.807) is 23.1 Å². The molecule has 1 amide bonds. The number of carbonyl (C=O) groups excluding carboxylic acids is 1. The number of nitrogens with one attached hydrogen (secondary N) is 1. The third-order valence-electron chi connectivity index (χ3n) is 3.76. The van der Waals surface area contributed by atoms with Crippen LogP contribution in [0.15, 0.2) is 18.2 Å². The molecule has 0 saturated carbocycles. The van der Waals surface area contributed by atoms with Crippen molar-refractivity contribution >= 4 is 22.5 Å². The van der Waals surface area contributed by atoms with Gasteiger partial charge in [0.1, 0.15) is 0 Å². The fraction of sp³-hybridized carbons (Fsp3) is 0.429. The number of hydrogen-bond donors (Lipinski definition) is 3. The monoisotopic (exact) mass is 274 g/mol. The zero-order valence-corrected chi connectivity index (χ0v) is 11.4. The molecule has 1 saturated heterocycles. The Bertz CT molecular complexity index is 658. The predicted octanol–water partition coefficient (Wildman–Crippen LogP) is 1.13. The van der Waals surface area contributed by atoms with Gasteiger partial charge < -0.3 is 15.7 Å². The van der Waals surface area contributed by atoms with Crippen LogP contribution in [0.4, 0.5) is 5.69 Å². The molecular formula is C14H18N4O2. The van der Waals surface area contributed by atoms with Gasteiger partial charge in [-0.15, -0.1) is 0 Å². The molecule has 1 aliphatic rings. The molecular weight excluding hydrogens is 256 g/mol. The first-order valence-electron chi connectivity index (χ1n) is 6.78. The van der Waals surface area contributed by atoms with Crippen LogP contribution in [0.25, 0.3) is 10.9 Å². The maximum absolute atomic E-state index is 12.4. The normalized spacial score (nSPS) is 17.2. The Morgan fingerprint density at radius 2 is 2.30 bits per heavy atom. The van der Waals surface area contributed by atoms with E-state index in [1.165, 1.54) is 0 Å². The molecule has 0 unspecified atom stereocenters. The van der Waals surface area contributed by atoms with Gasteiger partial charge in [-0.1, -0.05) is 13.3 Å². The minimum absolute atomic E-state index is 0.164. The SMILES string of the molecule is CCCC1(O)CN(C(=O)c2n[nH]c3ccc(N)cc23)C1. The molecule has 1 aliphatic heterocycles. The zero-order valence-electron chi connectivity index (χ0n) is 11.4. The molecule has 6 nitrogen and oxygen atoms in total. The number of nitrogen functional groups attached to an aromatic ring is 1. The molecule has 0 atom stereocenters. The molecule has 2 aromatic rings. The summed E-state index contributed by atoms with van der Waals surface area (Å²) in [7, 11) is 0. The summed E-state index contributed by atoms with van der Waals surface area (Å²) in [6.07, 6.45) is 1.62. The molecule has 3 rings (SSSR count). The second-order valence-electron chi connectivity index (χ2n) is 5.51. The summed E-state index contributed by atoms with van der Waals surface area (Å²) in [5.41, 5.74) is 6.77. The average molecular weight is 274 g/mol. The van der Waals surface area contributed by atoms with Crippen LogP contribution in [-0.2, 0) is 0 Å². The number of H-pyrrole nitrogens is 1. The number of β-amino-alcohol motifs (C(OH)–C–C–N with tert-alkyl or cyclic N) is 1. The fourth-order valence-corrected chi connectivity index (χ4v) is 2.78. The van der Waals surface area contributed by atoms with Crippen LogP contribution >= 0.6 is 0 Å². The maximum atomic E-state index is 12.4. The number of anilines is 1. The van der Waals surface area contributed by atoms with Gasteiger partial charge in [0, 0.05) is 11.1 Å². The quantitative estimate of drug-likeness (QED) is 0.731. The summed E-state index contributed by atoms with van der Waals surface area (Å²) < 4.78 is 0. The molecule has 0 spiro atoms. The van der Waals surface area contributed by atoms with Crippen molar-refractivity contribution in [3.05, 3.63) is 23.9 Å². The highest BCUT2D eigenvalue weighted by atomic mass is 16.3. The van der Waals surface area contributed by atoms with Gasteiger partial charge in [0.05, 0.1) is 24.2 Å². The number of rotatable bonds is 3. The lowest BCUT2D eigenvalue weighted by Crippen LogP contribution is -2.63. The van der Waals surface area contributed by atoms with Crippen LogP contribution in [0.1, 0.15) is 30.3 Å². The average Bonchev–Trinajstić information content (AvgIpc) is 2.78. The Hall–Kier alpha value is -2.08. The lowest BCUT2D eigenvalue weighted by molar-refractivity contribution is -0.0861. The minimum Gasteiger partial charge on any atom is -0.399 e. The number of benzene rings is 1. The van der Waals surface area contributed by atoms with Crippen LogP contribution in [0, 0.1) is 0 Å². The van der Waals surface area contributed by atoms with Crippen molar-refractivity contribution in [1.29, 1.82) is 0 Å². The van der Waals surface area contributed by atoms with Crippen molar-refractivity contribution in [2.75, 3.05) is 18.8 Å². The molecule has 1 fully saturated rings. The highest BCUT2D eigenvalue weighted by Gasteiger charge is 2.43. The minimum atomic E-state index is -0.727. The second kappa shape index (κ2) is 4.49. The largest absolute Gasteiger partial charge is 0.399 e. The molecule has 20 heavy (non-hydrogen) atoms. The van der Waals surface area contributed by atoms with Crippen molar-refractivity contribution in [2.24, 2.45) is 0 Å². The first-order chi connectivity index (χ1) is 9.52. The molecule has 1 aromatic carbocycles.